The molecule has 0 amide bonds. The summed E-state index contributed by atoms with van der Waals surface area (Å²) in [4.78, 5) is 12.5. The summed E-state index contributed by atoms with van der Waals surface area (Å²) in [6.07, 6.45) is 2.07. The first-order valence-corrected chi connectivity index (χ1v) is 7.55. The van der Waals surface area contributed by atoms with Crippen LogP contribution in [0.5, 0.6) is 0 Å². The van der Waals surface area contributed by atoms with Gasteiger partial charge in [0.2, 0.25) is 0 Å². The second-order valence-corrected chi connectivity index (χ2v) is 6.05. The summed E-state index contributed by atoms with van der Waals surface area (Å²) in [5, 5.41) is 0. The van der Waals surface area contributed by atoms with Gasteiger partial charge in [0.25, 0.3) is 0 Å². The number of halogens is 1. The molecule has 1 aromatic carbocycles. The molecule has 0 radical (unpaired) electrons. The molecule has 3 atom stereocenters. The Hall–Kier alpha value is -0.870. The number of ether oxygens (including phenoxy) is 2. The van der Waals surface area contributed by atoms with E-state index >= 15 is 0 Å². The molecule has 0 aromatic heterocycles. The monoisotopic (exact) mass is 324 g/mol. The molecule has 1 aromatic rings. The zero-order valence-electron chi connectivity index (χ0n) is 10.9. The minimum atomic E-state index is -0.562. The van der Waals surface area contributed by atoms with E-state index in [4.69, 9.17) is 9.47 Å². The highest BCUT2D eigenvalue weighted by Gasteiger charge is 2.73. The highest BCUT2D eigenvalue weighted by Crippen LogP contribution is 2.61. The van der Waals surface area contributed by atoms with Crippen LogP contribution < -0.4 is 0 Å². The Balaban J connectivity index is 1.98. The van der Waals surface area contributed by atoms with Gasteiger partial charge in [-0.05, 0) is 37.5 Å². The molecule has 3 rings (SSSR count). The second-order valence-electron chi connectivity index (χ2n) is 5.14. The van der Waals surface area contributed by atoms with Crippen LogP contribution in [0.25, 0.3) is 0 Å². The molecule has 19 heavy (non-hydrogen) atoms. The number of hydrogen-bond donors (Lipinski definition) is 0. The van der Waals surface area contributed by atoms with Crippen LogP contribution in [0.1, 0.15) is 25.3 Å². The smallest absolute Gasteiger partial charge is 0.319 e. The van der Waals surface area contributed by atoms with E-state index < -0.39 is 5.41 Å². The predicted octanol–water partition coefficient (Wildman–Crippen LogP) is 3.06. The Bertz CT molecular complexity index is 471. The minimum Gasteiger partial charge on any atom is -0.465 e. The van der Waals surface area contributed by atoms with Crippen molar-refractivity contribution < 1.29 is 14.3 Å². The standard InChI is InChI=1S/C15H17BrO3/c1-2-18-14(17)15(10-5-7-11(16)8-6-10)12-4-3-9-19-13(12)15/h5-8,12-13H,2-4,9H2,1H3/t12-,13+,15+/m0/s1. The van der Waals surface area contributed by atoms with Crippen molar-refractivity contribution in [2.45, 2.75) is 31.3 Å². The molecule has 0 N–H and O–H groups in total. The van der Waals surface area contributed by atoms with E-state index in [2.05, 4.69) is 15.9 Å². The first-order valence-electron chi connectivity index (χ1n) is 6.76. The van der Waals surface area contributed by atoms with Crippen LogP contribution >= 0.6 is 15.9 Å². The SMILES string of the molecule is CCOC(=O)[C@@]1(c2ccc(Br)cc2)[C@@H]2OCCC[C@@H]21. The van der Waals surface area contributed by atoms with Crippen LogP contribution in [0, 0.1) is 5.92 Å². The van der Waals surface area contributed by atoms with Gasteiger partial charge >= 0.3 is 5.97 Å². The summed E-state index contributed by atoms with van der Waals surface area (Å²) in [6.45, 7) is 3.01. The Morgan fingerprint density at radius 1 is 1.47 bits per heavy atom. The van der Waals surface area contributed by atoms with Gasteiger partial charge in [-0.2, -0.15) is 0 Å². The van der Waals surface area contributed by atoms with Crippen molar-refractivity contribution in [1.82, 2.24) is 0 Å². The lowest BCUT2D eigenvalue weighted by Gasteiger charge is -2.16. The van der Waals surface area contributed by atoms with Gasteiger partial charge in [0.05, 0.1) is 12.7 Å². The van der Waals surface area contributed by atoms with Crippen molar-refractivity contribution in [1.29, 1.82) is 0 Å². The van der Waals surface area contributed by atoms with Crippen molar-refractivity contribution >= 4 is 21.9 Å². The molecule has 1 aliphatic carbocycles. The lowest BCUT2D eigenvalue weighted by Crippen LogP contribution is -2.28. The minimum absolute atomic E-state index is 0.00137. The van der Waals surface area contributed by atoms with Crippen molar-refractivity contribution in [3.8, 4) is 0 Å². The Morgan fingerprint density at radius 3 is 2.79 bits per heavy atom. The maximum Gasteiger partial charge on any atom is 0.319 e. The van der Waals surface area contributed by atoms with E-state index in [0.29, 0.717) is 6.61 Å². The van der Waals surface area contributed by atoms with E-state index in [9.17, 15) is 4.79 Å². The van der Waals surface area contributed by atoms with E-state index in [1.807, 2.05) is 31.2 Å². The molecule has 4 heteroatoms. The number of fused-ring (bicyclic) bond motifs is 1. The van der Waals surface area contributed by atoms with E-state index in [1.54, 1.807) is 0 Å². The summed E-state index contributed by atoms with van der Waals surface area (Å²) in [5.41, 5.74) is 0.457. The molecule has 2 aliphatic rings. The van der Waals surface area contributed by atoms with Crippen LogP contribution in [0.2, 0.25) is 0 Å². The number of benzene rings is 1. The zero-order valence-corrected chi connectivity index (χ0v) is 12.5. The average Bonchev–Trinajstić information content (AvgIpc) is 3.10. The summed E-state index contributed by atoms with van der Waals surface area (Å²) in [6, 6.07) is 7.95. The molecular weight excluding hydrogens is 308 g/mol. The zero-order chi connectivity index (χ0) is 13.5. The predicted molar refractivity (Wildman–Crippen MR) is 74.9 cm³/mol. The Labute approximate surface area is 121 Å². The molecule has 1 saturated heterocycles. The molecule has 1 saturated carbocycles. The first-order chi connectivity index (χ1) is 9.21. The van der Waals surface area contributed by atoms with Crippen molar-refractivity contribution in [2.75, 3.05) is 13.2 Å². The van der Waals surface area contributed by atoms with Crippen LogP contribution in [-0.2, 0) is 19.7 Å². The van der Waals surface area contributed by atoms with Crippen molar-refractivity contribution in [3.63, 3.8) is 0 Å². The normalized spacial score (nSPS) is 32.5. The van der Waals surface area contributed by atoms with E-state index in [-0.39, 0.29) is 18.0 Å². The molecule has 0 unspecified atom stereocenters. The summed E-state index contributed by atoms with van der Waals surface area (Å²) >= 11 is 3.43. The molecule has 1 aliphatic heterocycles. The van der Waals surface area contributed by atoms with E-state index in [1.165, 1.54) is 0 Å². The van der Waals surface area contributed by atoms with Gasteiger partial charge in [-0.1, -0.05) is 28.1 Å². The van der Waals surface area contributed by atoms with Gasteiger partial charge in [-0.15, -0.1) is 0 Å². The van der Waals surface area contributed by atoms with Gasteiger partial charge < -0.3 is 9.47 Å². The number of esters is 1. The molecule has 0 spiro atoms. The van der Waals surface area contributed by atoms with Gasteiger partial charge in [-0.3, -0.25) is 4.79 Å². The molecule has 102 valence electrons. The quantitative estimate of drug-likeness (QED) is 0.801. The number of carbonyl (C=O) groups is 1. The van der Waals surface area contributed by atoms with Crippen LogP contribution in [0.3, 0.4) is 0 Å². The third kappa shape index (κ3) is 1.93. The molecule has 2 fully saturated rings. The fourth-order valence-electron chi connectivity index (χ4n) is 3.30. The molecule has 0 bridgehead atoms. The lowest BCUT2D eigenvalue weighted by molar-refractivity contribution is -0.147. The largest absolute Gasteiger partial charge is 0.465 e. The number of carbonyl (C=O) groups excluding carboxylic acids is 1. The van der Waals surface area contributed by atoms with Crippen LogP contribution in [-0.4, -0.2) is 25.3 Å². The summed E-state index contributed by atoms with van der Waals surface area (Å²) < 4.78 is 12.1. The third-order valence-electron chi connectivity index (χ3n) is 4.18. The summed E-state index contributed by atoms with van der Waals surface area (Å²) in [7, 11) is 0. The number of rotatable bonds is 3. The first kappa shape index (κ1) is 13.1. The van der Waals surface area contributed by atoms with Gasteiger partial charge in [0, 0.05) is 17.0 Å². The topological polar surface area (TPSA) is 35.5 Å². The highest BCUT2D eigenvalue weighted by molar-refractivity contribution is 9.10. The Morgan fingerprint density at radius 2 is 2.21 bits per heavy atom. The Kier molecular flexibility index (Phi) is 3.39. The third-order valence-corrected chi connectivity index (χ3v) is 4.71. The summed E-state index contributed by atoms with van der Waals surface area (Å²) in [5.74, 6) is 0.149. The van der Waals surface area contributed by atoms with Crippen LogP contribution in [0.15, 0.2) is 28.7 Å². The highest BCUT2D eigenvalue weighted by atomic mass is 79.9. The maximum absolute atomic E-state index is 12.5. The van der Waals surface area contributed by atoms with Crippen LogP contribution in [0.4, 0.5) is 0 Å². The maximum atomic E-state index is 12.5. The fraction of sp³-hybridized carbons (Fsp3) is 0.533. The van der Waals surface area contributed by atoms with E-state index in [0.717, 1.165) is 29.5 Å². The van der Waals surface area contributed by atoms with Gasteiger partial charge in [0.15, 0.2) is 0 Å². The average molecular weight is 325 g/mol. The molecule has 3 nitrogen and oxygen atoms in total. The van der Waals surface area contributed by atoms with Crippen molar-refractivity contribution in [3.05, 3.63) is 34.3 Å². The number of hydrogen-bond acceptors (Lipinski definition) is 3. The van der Waals surface area contributed by atoms with Crippen molar-refractivity contribution in [2.24, 2.45) is 5.92 Å². The van der Waals surface area contributed by atoms with Gasteiger partial charge in [-0.25, -0.2) is 0 Å². The lowest BCUT2D eigenvalue weighted by atomic mass is 9.92. The van der Waals surface area contributed by atoms with Gasteiger partial charge in [0.1, 0.15) is 5.41 Å². The molecular formula is C15H17BrO3. The molecule has 1 heterocycles. The fourth-order valence-corrected chi connectivity index (χ4v) is 3.57. The second kappa shape index (κ2) is 4.91.